The van der Waals surface area contributed by atoms with Gasteiger partial charge in [0.1, 0.15) is 12.6 Å². The van der Waals surface area contributed by atoms with E-state index >= 15 is 0 Å². The van der Waals surface area contributed by atoms with E-state index in [-0.39, 0.29) is 6.42 Å². The van der Waals surface area contributed by atoms with Crippen LogP contribution in [0.3, 0.4) is 0 Å². The van der Waals surface area contributed by atoms with Crippen LogP contribution in [0.15, 0.2) is 47.3 Å². The molecule has 0 radical (unpaired) electrons. The molecule has 9 heteroatoms. The number of carbonyl (C=O) groups excluding carboxylic acids is 5. The molecule has 5 atom stereocenters. The van der Waals surface area contributed by atoms with Gasteiger partial charge in [-0.2, -0.15) is 0 Å². The first kappa shape index (κ1) is 29.5. The van der Waals surface area contributed by atoms with Crippen molar-refractivity contribution in [3.63, 3.8) is 0 Å². The van der Waals surface area contributed by atoms with Crippen molar-refractivity contribution in [2.24, 2.45) is 11.8 Å². The highest BCUT2D eigenvalue weighted by Gasteiger charge is 2.44. The topological polar surface area (TPSA) is 122 Å². The summed E-state index contributed by atoms with van der Waals surface area (Å²) in [4.78, 5) is 58.2. The highest BCUT2D eigenvalue weighted by atomic mass is 16.7. The minimum absolute atomic E-state index is 0.275. The molecule has 0 fully saturated rings. The third-order valence-electron chi connectivity index (χ3n) is 5.29. The van der Waals surface area contributed by atoms with Crippen molar-refractivity contribution in [3.8, 4) is 0 Å². The summed E-state index contributed by atoms with van der Waals surface area (Å²) in [7, 11) is 0. The van der Waals surface area contributed by atoms with Crippen molar-refractivity contribution >= 4 is 30.5 Å². The smallest absolute Gasteiger partial charge is 0.305 e. The highest BCUT2D eigenvalue weighted by molar-refractivity contribution is 5.72. The lowest BCUT2D eigenvalue weighted by Crippen LogP contribution is -2.44. The average molecular weight is 491 g/mol. The molecule has 0 saturated heterocycles. The lowest BCUT2D eigenvalue weighted by molar-refractivity contribution is -0.182. The number of carbonyl (C=O) groups is 5. The molecule has 1 heterocycles. The summed E-state index contributed by atoms with van der Waals surface area (Å²) in [5.41, 5.74) is 2.13. The number of esters is 3. The van der Waals surface area contributed by atoms with Gasteiger partial charge in [0.2, 0.25) is 6.29 Å². The van der Waals surface area contributed by atoms with Gasteiger partial charge in [0, 0.05) is 32.3 Å². The van der Waals surface area contributed by atoms with E-state index in [9.17, 15) is 24.0 Å². The van der Waals surface area contributed by atoms with Crippen LogP contribution < -0.4 is 0 Å². The van der Waals surface area contributed by atoms with E-state index in [4.69, 9.17) is 18.9 Å². The first-order chi connectivity index (χ1) is 16.4. The molecule has 1 aliphatic heterocycles. The molecule has 35 heavy (non-hydrogen) atoms. The van der Waals surface area contributed by atoms with Crippen LogP contribution in [0.25, 0.3) is 0 Å². The largest absolute Gasteiger partial charge is 0.462 e. The van der Waals surface area contributed by atoms with Crippen LogP contribution in [0, 0.1) is 11.8 Å². The molecule has 9 nitrogen and oxygen atoms in total. The summed E-state index contributed by atoms with van der Waals surface area (Å²) in [6, 6.07) is 0. The number of rotatable bonds is 12. The predicted octanol–water partition coefficient (Wildman–Crippen LogP) is 3.53. The molecule has 0 aromatic rings. The minimum Gasteiger partial charge on any atom is -0.462 e. The predicted molar refractivity (Wildman–Crippen MR) is 127 cm³/mol. The van der Waals surface area contributed by atoms with Gasteiger partial charge in [-0.25, -0.2) is 0 Å². The molecule has 0 amide bonds. The van der Waals surface area contributed by atoms with E-state index < -0.39 is 48.2 Å². The minimum atomic E-state index is -1.08. The molecule has 0 aromatic carbocycles. The summed E-state index contributed by atoms with van der Waals surface area (Å²) in [6.07, 6.45) is 3.02. The summed E-state index contributed by atoms with van der Waals surface area (Å²) in [5.74, 6) is -2.99. The normalized spacial score (nSPS) is 21.3. The number of ether oxygens (including phenoxy) is 4. The van der Waals surface area contributed by atoms with Crippen molar-refractivity contribution in [3.05, 3.63) is 47.3 Å². The quantitative estimate of drug-likeness (QED) is 0.133. The van der Waals surface area contributed by atoms with E-state index in [1.54, 1.807) is 26.8 Å². The SMILES string of the molecule is C=C(C=O)CC[C@@H]1C(C(OC(C)=O)C(C=C(C)C)OC(C)=O)=CO[C@H](OC(C)=O)[C@H]1/C(C)=C/C=O. The van der Waals surface area contributed by atoms with Crippen molar-refractivity contribution < 1.29 is 42.9 Å². The molecule has 0 spiro atoms. The van der Waals surface area contributed by atoms with E-state index in [0.29, 0.717) is 35.7 Å². The third-order valence-corrected chi connectivity index (χ3v) is 5.29. The van der Waals surface area contributed by atoms with Crippen molar-refractivity contribution in [2.75, 3.05) is 0 Å². The second-order valence-electron chi connectivity index (χ2n) is 8.57. The van der Waals surface area contributed by atoms with E-state index in [2.05, 4.69) is 6.58 Å². The molecule has 1 aliphatic rings. The van der Waals surface area contributed by atoms with Crippen LogP contribution in [0.1, 0.15) is 54.4 Å². The first-order valence-electron chi connectivity index (χ1n) is 11.2. The van der Waals surface area contributed by atoms with Crippen LogP contribution in [-0.2, 0) is 42.9 Å². The fraction of sp³-hybridized carbons (Fsp3) is 0.500. The Morgan fingerprint density at radius 3 is 2.14 bits per heavy atom. The molecule has 0 aliphatic carbocycles. The van der Waals surface area contributed by atoms with Gasteiger partial charge in [0.15, 0.2) is 12.2 Å². The Morgan fingerprint density at radius 2 is 1.66 bits per heavy atom. The first-order valence-corrected chi connectivity index (χ1v) is 11.2. The monoisotopic (exact) mass is 490 g/mol. The fourth-order valence-corrected chi connectivity index (χ4v) is 3.96. The molecule has 0 saturated carbocycles. The zero-order valence-corrected chi connectivity index (χ0v) is 21.1. The van der Waals surface area contributed by atoms with Gasteiger partial charge in [-0.1, -0.05) is 17.7 Å². The summed E-state index contributed by atoms with van der Waals surface area (Å²) < 4.78 is 22.2. The zero-order chi connectivity index (χ0) is 26.7. The van der Waals surface area contributed by atoms with Crippen LogP contribution in [0.4, 0.5) is 0 Å². The van der Waals surface area contributed by atoms with Gasteiger partial charge >= 0.3 is 17.9 Å². The molecule has 0 bridgehead atoms. The van der Waals surface area contributed by atoms with Crippen LogP contribution in [-0.4, -0.2) is 49.0 Å². The lowest BCUT2D eigenvalue weighted by Gasteiger charge is -2.41. The average Bonchev–Trinajstić information content (AvgIpc) is 2.74. The van der Waals surface area contributed by atoms with Crippen molar-refractivity contribution in [2.45, 2.75) is 72.9 Å². The molecule has 0 aromatic heterocycles. The fourth-order valence-electron chi connectivity index (χ4n) is 3.96. The van der Waals surface area contributed by atoms with Crippen LogP contribution in [0.2, 0.25) is 0 Å². The molecular formula is C26H34O9. The molecule has 192 valence electrons. The Balaban J connectivity index is 3.74. The van der Waals surface area contributed by atoms with E-state index in [1.807, 2.05) is 0 Å². The lowest BCUT2D eigenvalue weighted by atomic mass is 9.74. The van der Waals surface area contributed by atoms with Gasteiger partial charge in [-0.3, -0.25) is 24.0 Å². The molecular weight excluding hydrogens is 456 g/mol. The summed E-state index contributed by atoms with van der Waals surface area (Å²) in [5, 5.41) is 0. The maximum absolute atomic E-state index is 12.1. The van der Waals surface area contributed by atoms with Crippen LogP contribution in [0.5, 0.6) is 0 Å². The van der Waals surface area contributed by atoms with E-state index in [0.717, 1.165) is 5.57 Å². The summed E-state index contributed by atoms with van der Waals surface area (Å²) in [6.45, 7) is 12.7. The number of aldehydes is 2. The number of hydrogen-bond acceptors (Lipinski definition) is 9. The van der Waals surface area contributed by atoms with Gasteiger partial charge in [-0.15, -0.1) is 0 Å². The Kier molecular flexibility index (Phi) is 11.8. The number of allylic oxidation sites excluding steroid dienone is 3. The summed E-state index contributed by atoms with van der Waals surface area (Å²) >= 11 is 0. The standard InChI is InChI=1S/C26H34O9/c1-15(2)12-23(33-18(5)29)25(34-19(6)30)22-14-32-26(35-20(7)31)24(17(4)10-11-27)21(22)9-8-16(3)13-28/h10-14,21,23-26H,3,8-9H2,1-2,4-7H3/b17-10+/t21-,23?,24+,25?,26-/m1/s1. The second-order valence-corrected chi connectivity index (χ2v) is 8.57. The second kappa shape index (κ2) is 14.0. The Morgan fingerprint density at radius 1 is 1.03 bits per heavy atom. The van der Waals surface area contributed by atoms with Gasteiger partial charge in [-0.05, 0) is 51.3 Å². The Labute approximate surface area is 205 Å². The maximum atomic E-state index is 12.1. The van der Waals surface area contributed by atoms with Gasteiger partial charge in [0.05, 0.1) is 12.2 Å². The Bertz CT molecular complexity index is 921. The Hall–Kier alpha value is -3.49. The molecule has 0 N–H and O–H groups in total. The molecule has 2 unspecified atom stereocenters. The maximum Gasteiger partial charge on any atom is 0.305 e. The zero-order valence-electron chi connectivity index (χ0n) is 21.1. The van der Waals surface area contributed by atoms with E-state index in [1.165, 1.54) is 33.1 Å². The van der Waals surface area contributed by atoms with Crippen molar-refractivity contribution in [1.82, 2.24) is 0 Å². The van der Waals surface area contributed by atoms with Gasteiger partial charge < -0.3 is 18.9 Å². The highest BCUT2D eigenvalue weighted by Crippen LogP contribution is 2.42. The van der Waals surface area contributed by atoms with Gasteiger partial charge in [0.25, 0.3) is 0 Å². The van der Waals surface area contributed by atoms with Crippen molar-refractivity contribution in [1.29, 1.82) is 0 Å². The third kappa shape index (κ3) is 9.35. The number of hydrogen-bond donors (Lipinski definition) is 0. The van der Waals surface area contributed by atoms with Crippen LogP contribution >= 0.6 is 0 Å². The molecule has 1 rings (SSSR count).